The number of aromatic nitrogens is 2. The van der Waals surface area contributed by atoms with Crippen LogP contribution in [0.2, 0.25) is 10.0 Å². The summed E-state index contributed by atoms with van der Waals surface area (Å²) in [5, 5.41) is 15.9. The number of carbonyl (C=O) groups is 1. The molecule has 4 rings (SSSR count). The van der Waals surface area contributed by atoms with Crippen molar-refractivity contribution < 1.29 is 9.90 Å². The highest BCUT2D eigenvalue weighted by Crippen LogP contribution is 2.40. The van der Waals surface area contributed by atoms with Crippen molar-refractivity contribution in [1.29, 1.82) is 0 Å². The predicted molar refractivity (Wildman–Crippen MR) is 120 cm³/mol. The third-order valence-corrected chi connectivity index (χ3v) is 6.04. The van der Waals surface area contributed by atoms with Gasteiger partial charge in [-0.1, -0.05) is 47.5 Å². The van der Waals surface area contributed by atoms with Crippen molar-refractivity contribution in [1.82, 2.24) is 14.7 Å². The van der Waals surface area contributed by atoms with Gasteiger partial charge in [0.15, 0.2) is 11.4 Å². The van der Waals surface area contributed by atoms with Crippen LogP contribution in [0.15, 0.2) is 59.5 Å². The van der Waals surface area contributed by atoms with Crippen molar-refractivity contribution in [3.05, 3.63) is 91.8 Å². The number of benzene rings is 2. The standard InChI is InChI=1S/C23H21Cl2N3O3/c1-13(2)27-12-18(28-21(23(27)31)22(30)19(29)11-26-28)20(14-5-3-7-16(24)9-14)15-6-4-8-17(25)10-15/h3-11,13,18,20,30H,12H2,1-2H3/t18-/m0/s1. The Bertz CT molecular complexity index is 1160. The summed E-state index contributed by atoms with van der Waals surface area (Å²) in [5.74, 6) is -1.31. The van der Waals surface area contributed by atoms with Gasteiger partial charge in [-0.3, -0.25) is 14.3 Å². The summed E-state index contributed by atoms with van der Waals surface area (Å²) < 4.78 is 1.46. The molecular formula is C23H21Cl2N3O3. The van der Waals surface area contributed by atoms with E-state index in [-0.39, 0.29) is 17.7 Å². The first-order chi connectivity index (χ1) is 14.8. The van der Waals surface area contributed by atoms with E-state index in [0.717, 1.165) is 17.3 Å². The summed E-state index contributed by atoms with van der Waals surface area (Å²) in [6, 6.07) is 14.4. The maximum absolute atomic E-state index is 13.1. The molecule has 3 aromatic rings. The maximum atomic E-state index is 13.1. The molecule has 0 unspecified atom stereocenters. The molecule has 1 amide bonds. The van der Waals surface area contributed by atoms with E-state index in [1.807, 2.05) is 50.2 Å². The number of nitrogens with zero attached hydrogens (tertiary/aromatic N) is 3. The normalized spacial score (nSPS) is 16.1. The molecule has 0 radical (unpaired) electrons. The van der Waals surface area contributed by atoms with Crippen molar-refractivity contribution >= 4 is 29.1 Å². The average Bonchev–Trinajstić information content (AvgIpc) is 2.72. The van der Waals surface area contributed by atoms with Crippen molar-refractivity contribution in [2.45, 2.75) is 31.8 Å². The van der Waals surface area contributed by atoms with E-state index in [9.17, 15) is 14.7 Å². The highest BCUT2D eigenvalue weighted by Gasteiger charge is 2.40. The van der Waals surface area contributed by atoms with Crippen LogP contribution in [-0.4, -0.2) is 38.3 Å². The SMILES string of the molecule is CC(C)N1C[C@@H](C(c2cccc(Cl)c2)c2cccc(Cl)c2)n2ncc(=O)c(O)c2C1=O. The van der Waals surface area contributed by atoms with Crippen molar-refractivity contribution in [3.8, 4) is 5.75 Å². The molecule has 0 aliphatic carbocycles. The largest absolute Gasteiger partial charge is 0.502 e. The summed E-state index contributed by atoms with van der Waals surface area (Å²) in [4.78, 5) is 26.8. The lowest BCUT2D eigenvalue weighted by molar-refractivity contribution is 0.0570. The second-order valence-corrected chi connectivity index (χ2v) is 8.73. The first-order valence-corrected chi connectivity index (χ1v) is 10.7. The zero-order chi connectivity index (χ0) is 22.3. The van der Waals surface area contributed by atoms with Crippen LogP contribution in [0.3, 0.4) is 0 Å². The molecule has 1 aliphatic rings. The van der Waals surface area contributed by atoms with Gasteiger partial charge >= 0.3 is 0 Å². The number of aromatic hydroxyl groups is 1. The van der Waals surface area contributed by atoms with Gasteiger partial charge < -0.3 is 10.0 Å². The summed E-state index contributed by atoms with van der Waals surface area (Å²) in [5.41, 5.74) is 1.02. The Labute approximate surface area is 189 Å². The quantitative estimate of drug-likeness (QED) is 0.625. The van der Waals surface area contributed by atoms with Gasteiger partial charge in [-0.15, -0.1) is 0 Å². The molecule has 2 heterocycles. The van der Waals surface area contributed by atoms with Crippen LogP contribution < -0.4 is 5.43 Å². The van der Waals surface area contributed by atoms with Crippen LogP contribution in [0.25, 0.3) is 0 Å². The number of hydrogen-bond donors (Lipinski definition) is 1. The van der Waals surface area contributed by atoms with E-state index in [2.05, 4.69) is 5.10 Å². The fraction of sp³-hybridized carbons (Fsp3) is 0.261. The third-order valence-electron chi connectivity index (χ3n) is 5.57. The number of halogens is 2. The highest BCUT2D eigenvalue weighted by atomic mass is 35.5. The van der Waals surface area contributed by atoms with Gasteiger partial charge in [0.2, 0.25) is 5.43 Å². The van der Waals surface area contributed by atoms with Gasteiger partial charge in [0, 0.05) is 28.5 Å². The molecule has 8 heteroatoms. The van der Waals surface area contributed by atoms with Crippen molar-refractivity contribution in [2.24, 2.45) is 0 Å². The zero-order valence-electron chi connectivity index (χ0n) is 17.0. The molecule has 6 nitrogen and oxygen atoms in total. The van der Waals surface area contributed by atoms with Gasteiger partial charge in [-0.2, -0.15) is 5.10 Å². The lowest BCUT2D eigenvalue weighted by Crippen LogP contribution is -2.49. The highest BCUT2D eigenvalue weighted by molar-refractivity contribution is 6.31. The van der Waals surface area contributed by atoms with E-state index in [0.29, 0.717) is 16.6 Å². The van der Waals surface area contributed by atoms with Crippen LogP contribution >= 0.6 is 23.2 Å². The molecular weight excluding hydrogens is 437 g/mol. The second-order valence-electron chi connectivity index (χ2n) is 7.86. The van der Waals surface area contributed by atoms with Gasteiger partial charge in [-0.05, 0) is 49.2 Å². The van der Waals surface area contributed by atoms with Crippen LogP contribution in [0.5, 0.6) is 5.75 Å². The molecule has 2 aromatic carbocycles. The molecule has 0 saturated heterocycles. The molecule has 1 aromatic heterocycles. The van der Waals surface area contributed by atoms with E-state index < -0.39 is 23.1 Å². The van der Waals surface area contributed by atoms with Crippen molar-refractivity contribution in [2.75, 3.05) is 6.54 Å². The molecule has 0 saturated carbocycles. The Morgan fingerprint density at radius 1 is 1.03 bits per heavy atom. The van der Waals surface area contributed by atoms with Crippen LogP contribution in [0.4, 0.5) is 0 Å². The minimum Gasteiger partial charge on any atom is -0.502 e. The van der Waals surface area contributed by atoms with Gasteiger partial charge in [0.1, 0.15) is 0 Å². The second kappa shape index (κ2) is 8.36. The first kappa shape index (κ1) is 21.4. The zero-order valence-corrected chi connectivity index (χ0v) is 18.5. The molecule has 160 valence electrons. The smallest absolute Gasteiger partial charge is 0.276 e. The Balaban J connectivity index is 1.98. The maximum Gasteiger partial charge on any atom is 0.276 e. The Morgan fingerprint density at radius 2 is 1.61 bits per heavy atom. The molecule has 0 spiro atoms. The summed E-state index contributed by atoms with van der Waals surface area (Å²) in [6.45, 7) is 4.12. The number of carbonyl (C=O) groups excluding carboxylic acids is 1. The lowest BCUT2D eigenvalue weighted by atomic mass is 9.83. The summed E-state index contributed by atoms with van der Waals surface area (Å²) in [6.07, 6.45) is 1.04. The summed E-state index contributed by atoms with van der Waals surface area (Å²) >= 11 is 12.6. The topological polar surface area (TPSA) is 75.4 Å². The number of hydrogen-bond acceptors (Lipinski definition) is 4. The van der Waals surface area contributed by atoms with E-state index >= 15 is 0 Å². The molecule has 0 fully saturated rings. The summed E-state index contributed by atoms with van der Waals surface area (Å²) in [7, 11) is 0. The Morgan fingerprint density at radius 3 is 2.13 bits per heavy atom. The van der Waals surface area contributed by atoms with Crippen LogP contribution in [0.1, 0.15) is 47.4 Å². The number of rotatable bonds is 4. The van der Waals surface area contributed by atoms with E-state index in [1.165, 1.54) is 4.68 Å². The number of fused-ring (bicyclic) bond motifs is 1. The minimum atomic E-state index is -0.689. The van der Waals surface area contributed by atoms with Gasteiger partial charge in [-0.25, -0.2) is 0 Å². The molecule has 1 N–H and O–H groups in total. The molecule has 1 atom stereocenters. The lowest BCUT2D eigenvalue weighted by Gasteiger charge is -2.41. The Kier molecular flexibility index (Phi) is 5.77. The first-order valence-electron chi connectivity index (χ1n) is 9.90. The molecule has 1 aliphatic heterocycles. The average molecular weight is 458 g/mol. The van der Waals surface area contributed by atoms with Crippen LogP contribution in [-0.2, 0) is 0 Å². The Hall–Kier alpha value is -2.83. The molecule has 31 heavy (non-hydrogen) atoms. The van der Waals surface area contributed by atoms with Crippen molar-refractivity contribution in [3.63, 3.8) is 0 Å². The fourth-order valence-electron chi connectivity index (χ4n) is 4.14. The van der Waals surface area contributed by atoms with E-state index in [4.69, 9.17) is 23.2 Å². The van der Waals surface area contributed by atoms with E-state index in [1.54, 1.807) is 17.0 Å². The predicted octanol–water partition coefficient (Wildman–Crippen LogP) is 4.49. The van der Waals surface area contributed by atoms with Gasteiger partial charge in [0.25, 0.3) is 5.91 Å². The fourth-order valence-corrected chi connectivity index (χ4v) is 4.53. The third kappa shape index (κ3) is 3.93. The molecule has 0 bridgehead atoms. The monoisotopic (exact) mass is 457 g/mol. The minimum absolute atomic E-state index is 0.105. The number of amides is 1. The van der Waals surface area contributed by atoms with Gasteiger partial charge in [0.05, 0.1) is 12.2 Å². The van der Waals surface area contributed by atoms with Crippen LogP contribution in [0, 0.1) is 0 Å².